The van der Waals surface area contributed by atoms with Gasteiger partial charge in [-0.15, -0.1) is 0 Å². The molecule has 8 nitrogen and oxygen atoms in total. The Hall–Kier alpha value is -3.04. The van der Waals surface area contributed by atoms with Crippen LogP contribution < -0.4 is 10.6 Å². The number of likely N-dealkylation sites (N-methyl/N-ethyl adjacent to an activating group) is 1. The fourth-order valence-corrected chi connectivity index (χ4v) is 4.45. The third kappa shape index (κ3) is 3.01. The molecule has 0 bridgehead atoms. The van der Waals surface area contributed by atoms with Gasteiger partial charge in [-0.25, -0.2) is 14.2 Å². The first-order valence-electron chi connectivity index (χ1n) is 9.93. The van der Waals surface area contributed by atoms with Gasteiger partial charge in [-0.1, -0.05) is 6.92 Å². The van der Waals surface area contributed by atoms with Gasteiger partial charge in [0.1, 0.15) is 17.3 Å². The molecule has 0 unspecified atom stereocenters. The van der Waals surface area contributed by atoms with E-state index >= 15 is 0 Å². The second-order valence-electron chi connectivity index (χ2n) is 8.16. The van der Waals surface area contributed by atoms with Crippen molar-refractivity contribution in [2.75, 3.05) is 32.1 Å². The molecule has 2 saturated heterocycles. The average molecular weight is 410 g/mol. The number of likely N-dealkylation sites (tertiary alicyclic amines) is 1. The highest BCUT2D eigenvalue weighted by molar-refractivity contribution is 5.95. The van der Waals surface area contributed by atoms with Crippen LogP contribution in [0.25, 0.3) is 22.2 Å². The summed E-state index contributed by atoms with van der Waals surface area (Å²) in [6.07, 6.45) is 1.65. The molecule has 4 heterocycles. The highest BCUT2D eigenvalue weighted by atomic mass is 19.1. The predicted octanol–water partition coefficient (Wildman–Crippen LogP) is 2.60. The number of fused-ring (bicyclic) bond motifs is 1. The van der Waals surface area contributed by atoms with Gasteiger partial charge in [0.05, 0.1) is 24.3 Å². The van der Waals surface area contributed by atoms with Crippen molar-refractivity contribution in [1.29, 1.82) is 0 Å². The van der Waals surface area contributed by atoms with Gasteiger partial charge in [-0.2, -0.15) is 5.10 Å². The van der Waals surface area contributed by atoms with E-state index in [1.165, 1.54) is 12.1 Å². The number of urea groups is 1. The van der Waals surface area contributed by atoms with Gasteiger partial charge in [0, 0.05) is 41.7 Å². The molecular formula is C21H23FN6O2. The molecule has 1 spiro atoms. The molecule has 0 saturated carbocycles. The minimum Gasteiger partial charge on any atom is -0.377 e. The summed E-state index contributed by atoms with van der Waals surface area (Å²) in [5.74, 6) is 0.422. The molecule has 3 aromatic rings. The highest BCUT2D eigenvalue weighted by Crippen LogP contribution is 2.39. The van der Waals surface area contributed by atoms with E-state index in [-0.39, 0.29) is 23.4 Å². The van der Waals surface area contributed by atoms with Crippen LogP contribution in [0.1, 0.15) is 6.92 Å². The largest absolute Gasteiger partial charge is 0.377 e. The van der Waals surface area contributed by atoms with Crippen molar-refractivity contribution < 1.29 is 13.9 Å². The van der Waals surface area contributed by atoms with Gasteiger partial charge >= 0.3 is 6.03 Å². The third-order valence-electron chi connectivity index (χ3n) is 6.51. The van der Waals surface area contributed by atoms with E-state index in [9.17, 15) is 9.18 Å². The summed E-state index contributed by atoms with van der Waals surface area (Å²) < 4.78 is 18.6. The summed E-state index contributed by atoms with van der Waals surface area (Å²) in [7, 11) is 2.07. The van der Waals surface area contributed by atoms with Gasteiger partial charge in [-0.05, 0) is 31.3 Å². The zero-order valence-corrected chi connectivity index (χ0v) is 16.8. The number of nitrogens with one attached hydrogen (secondary N) is 3. The Balaban J connectivity index is 1.29. The Morgan fingerprint density at radius 1 is 1.33 bits per heavy atom. The molecular weight excluding hydrogens is 387 g/mol. The molecule has 5 rings (SSSR count). The predicted molar refractivity (Wildman–Crippen MR) is 111 cm³/mol. The number of anilines is 1. The van der Waals surface area contributed by atoms with Crippen molar-refractivity contribution in [2.45, 2.75) is 18.5 Å². The van der Waals surface area contributed by atoms with Crippen LogP contribution >= 0.6 is 0 Å². The van der Waals surface area contributed by atoms with Crippen molar-refractivity contribution in [3.63, 3.8) is 0 Å². The average Bonchev–Trinajstić information content (AvgIpc) is 3.20. The Bertz CT molecular complexity index is 1090. The van der Waals surface area contributed by atoms with Gasteiger partial charge in [0.2, 0.25) is 0 Å². The zero-order chi connectivity index (χ0) is 20.9. The lowest BCUT2D eigenvalue weighted by Crippen LogP contribution is -2.61. The number of benzene rings is 1. The number of aromatic nitrogens is 3. The van der Waals surface area contributed by atoms with E-state index in [0.717, 1.165) is 23.0 Å². The molecule has 1 aromatic carbocycles. The van der Waals surface area contributed by atoms with Gasteiger partial charge in [0.25, 0.3) is 0 Å². The molecule has 0 aliphatic carbocycles. The van der Waals surface area contributed by atoms with E-state index < -0.39 is 0 Å². The van der Waals surface area contributed by atoms with E-state index in [1.807, 2.05) is 0 Å². The van der Waals surface area contributed by atoms with Crippen molar-refractivity contribution in [1.82, 2.24) is 25.4 Å². The molecule has 3 N–H and O–H groups in total. The van der Waals surface area contributed by atoms with Crippen LogP contribution in [0.2, 0.25) is 0 Å². The minimum atomic E-state index is -0.298. The SMILES string of the molecule is C[C@H]1[C@H](NC(=O)Nc2cc3[nH]nc(-c4ccc(F)cc4)c3cn2)CN(C)C12COC2. The van der Waals surface area contributed by atoms with Crippen LogP contribution in [0, 0.1) is 11.7 Å². The minimum absolute atomic E-state index is 0.0295. The highest BCUT2D eigenvalue weighted by Gasteiger charge is 2.55. The summed E-state index contributed by atoms with van der Waals surface area (Å²) in [5, 5.41) is 13.9. The standard InChI is InChI=1S/C21H23FN6O2/c1-12-17(9-28(2)21(12)10-30-11-21)24-20(29)25-18-7-16-15(8-23-18)19(27-26-16)13-3-5-14(22)6-4-13/h3-8,12,17H,9-11H2,1-2H3,(H,26,27)(H2,23,24,25,29)/t12-,17+/m0/s1. The quantitative estimate of drug-likeness (QED) is 0.617. The maximum absolute atomic E-state index is 13.2. The molecule has 2 fully saturated rings. The Labute approximate surface area is 172 Å². The number of pyridine rings is 1. The number of rotatable bonds is 3. The Morgan fingerprint density at radius 2 is 2.10 bits per heavy atom. The first kappa shape index (κ1) is 19.0. The van der Waals surface area contributed by atoms with Crippen LogP contribution in [-0.2, 0) is 4.74 Å². The lowest BCUT2D eigenvalue weighted by atomic mass is 9.82. The van der Waals surface area contributed by atoms with Gasteiger partial charge in [-0.3, -0.25) is 15.3 Å². The van der Waals surface area contributed by atoms with Crippen LogP contribution in [-0.4, -0.2) is 64.5 Å². The normalized spacial score (nSPS) is 22.9. The van der Waals surface area contributed by atoms with Crippen molar-refractivity contribution >= 4 is 22.8 Å². The number of carbonyl (C=O) groups is 1. The lowest BCUT2D eigenvalue weighted by molar-refractivity contribution is -0.133. The molecule has 2 aliphatic rings. The molecule has 0 radical (unpaired) electrons. The van der Waals surface area contributed by atoms with E-state index in [1.54, 1.807) is 24.4 Å². The van der Waals surface area contributed by atoms with Crippen molar-refractivity contribution in [3.05, 3.63) is 42.3 Å². The summed E-state index contributed by atoms with van der Waals surface area (Å²) in [5.41, 5.74) is 2.24. The molecule has 2 aliphatic heterocycles. The number of carbonyl (C=O) groups excluding carboxylic acids is 1. The van der Waals surface area contributed by atoms with Crippen molar-refractivity contribution in [3.8, 4) is 11.3 Å². The second-order valence-corrected chi connectivity index (χ2v) is 8.16. The monoisotopic (exact) mass is 410 g/mol. The van der Waals surface area contributed by atoms with Crippen molar-refractivity contribution in [2.24, 2.45) is 5.92 Å². The molecule has 2 aromatic heterocycles. The lowest BCUT2D eigenvalue weighted by Gasteiger charge is -2.46. The van der Waals surface area contributed by atoms with Crippen LogP contribution in [0.5, 0.6) is 0 Å². The van der Waals surface area contributed by atoms with Gasteiger partial charge < -0.3 is 10.1 Å². The maximum atomic E-state index is 13.2. The summed E-state index contributed by atoms with van der Waals surface area (Å²) in [6, 6.07) is 7.62. The van der Waals surface area contributed by atoms with Crippen LogP contribution in [0.4, 0.5) is 15.0 Å². The fourth-order valence-electron chi connectivity index (χ4n) is 4.45. The number of hydrogen-bond donors (Lipinski definition) is 3. The van der Waals surface area contributed by atoms with E-state index in [2.05, 4.69) is 44.7 Å². The number of H-pyrrole nitrogens is 1. The van der Waals surface area contributed by atoms with E-state index in [0.29, 0.717) is 30.6 Å². The number of amides is 2. The Morgan fingerprint density at radius 3 is 2.77 bits per heavy atom. The second kappa shape index (κ2) is 7.03. The number of nitrogens with zero attached hydrogens (tertiary/aromatic N) is 3. The molecule has 2 amide bonds. The maximum Gasteiger partial charge on any atom is 0.320 e. The van der Waals surface area contributed by atoms with Crippen LogP contribution in [0.15, 0.2) is 36.5 Å². The smallest absolute Gasteiger partial charge is 0.320 e. The summed E-state index contributed by atoms with van der Waals surface area (Å²) in [4.78, 5) is 19.2. The molecule has 9 heteroatoms. The molecule has 156 valence electrons. The topological polar surface area (TPSA) is 95.2 Å². The zero-order valence-electron chi connectivity index (χ0n) is 16.8. The summed E-state index contributed by atoms with van der Waals surface area (Å²) in [6.45, 7) is 4.35. The fraction of sp³-hybridized carbons (Fsp3) is 0.381. The number of aromatic amines is 1. The van der Waals surface area contributed by atoms with Gasteiger partial charge in [0.15, 0.2) is 0 Å². The summed E-state index contributed by atoms with van der Waals surface area (Å²) >= 11 is 0. The third-order valence-corrected chi connectivity index (χ3v) is 6.51. The number of halogens is 1. The number of ether oxygens (including phenoxy) is 1. The Kier molecular flexibility index (Phi) is 4.44. The van der Waals surface area contributed by atoms with Crippen LogP contribution in [0.3, 0.4) is 0 Å². The molecule has 2 atom stereocenters. The first-order valence-corrected chi connectivity index (χ1v) is 9.93. The first-order chi connectivity index (χ1) is 14.5. The van der Waals surface area contributed by atoms with E-state index in [4.69, 9.17) is 4.74 Å². The number of hydrogen-bond acceptors (Lipinski definition) is 5. The molecule has 30 heavy (non-hydrogen) atoms.